The normalized spacial score (nSPS) is 11.6. The summed E-state index contributed by atoms with van der Waals surface area (Å²) in [5.74, 6) is 0.966. The van der Waals surface area contributed by atoms with E-state index in [0.717, 1.165) is 39.1 Å². The van der Waals surface area contributed by atoms with Crippen LogP contribution in [-0.4, -0.2) is 36.3 Å². The third kappa shape index (κ3) is 4.23. The molecule has 0 atom stereocenters. The van der Waals surface area contributed by atoms with Gasteiger partial charge in [-0.2, -0.15) is 0 Å². The minimum atomic E-state index is -3.29. The highest BCUT2D eigenvalue weighted by Gasteiger charge is 2.15. The average molecular weight is 426 g/mol. The van der Waals surface area contributed by atoms with Crippen LogP contribution >= 0.6 is 11.3 Å². The van der Waals surface area contributed by atoms with Crippen LogP contribution in [0.1, 0.15) is 5.56 Å². The number of nitrogens with zero attached hydrogens (tertiary/aromatic N) is 2. The Morgan fingerprint density at radius 1 is 1.10 bits per heavy atom. The van der Waals surface area contributed by atoms with Crippen molar-refractivity contribution in [2.45, 2.75) is 11.3 Å². The predicted molar refractivity (Wildman–Crippen MR) is 116 cm³/mol. The number of phenolic OH excluding ortho intramolecular Hbond substituents is 1. The predicted octanol–water partition coefficient (Wildman–Crippen LogP) is 4.12. The summed E-state index contributed by atoms with van der Waals surface area (Å²) in [6, 6.07) is 14.0. The SMILES string of the molecule is CS(=O)(=O)c1cccc(-c2csc3ncnc(NCCc4ccc(O)cc4)c23)c1. The molecule has 0 amide bonds. The molecule has 2 aromatic heterocycles. The van der Waals surface area contributed by atoms with E-state index >= 15 is 0 Å². The molecule has 0 aliphatic heterocycles. The van der Waals surface area contributed by atoms with E-state index in [2.05, 4.69) is 15.3 Å². The van der Waals surface area contributed by atoms with Gasteiger partial charge in [0.2, 0.25) is 0 Å². The maximum absolute atomic E-state index is 11.9. The molecule has 2 aromatic carbocycles. The Bertz CT molecular complexity index is 1270. The maximum Gasteiger partial charge on any atom is 0.175 e. The molecule has 0 radical (unpaired) electrons. The van der Waals surface area contributed by atoms with Gasteiger partial charge in [-0.25, -0.2) is 18.4 Å². The minimum Gasteiger partial charge on any atom is -0.508 e. The number of thiophene rings is 1. The van der Waals surface area contributed by atoms with Gasteiger partial charge in [0.15, 0.2) is 9.84 Å². The van der Waals surface area contributed by atoms with E-state index in [9.17, 15) is 13.5 Å². The lowest BCUT2D eigenvalue weighted by Crippen LogP contribution is -2.07. The standard InChI is InChI=1S/C21H19N3O3S2/c1-29(26,27)17-4-2-3-15(11-17)18-12-28-21-19(18)20(23-13-24-21)22-10-9-14-5-7-16(25)8-6-14/h2-8,11-13,25H,9-10H2,1H3,(H,22,23,24). The number of anilines is 1. The fourth-order valence-corrected chi connectivity index (χ4v) is 4.69. The highest BCUT2D eigenvalue weighted by molar-refractivity contribution is 7.90. The second-order valence-electron chi connectivity index (χ2n) is 6.70. The summed E-state index contributed by atoms with van der Waals surface area (Å²) in [7, 11) is -3.29. The van der Waals surface area contributed by atoms with E-state index in [1.807, 2.05) is 23.6 Å². The Labute approximate surface area is 172 Å². The van der Waals surface area contributed by atoms with Gasteiger partial charge in [-0.3, -0.25) is 0 Å². The van der Waals surface area contributed by atoms with E-state index in [1.165, 1.54) is 23.9 Å². The van der Waals surface area contributed by atoms with Crippen LogP contribution in [0.2, 0.25) is 0 Å². The molecule has 29 heavy (non-hydrogen) atoms. The van der Waals surface area contributed by atoms with Gasteiger partial charge >= 0.3 is 0 Å². The Balaban J connectivity index is 1.65. The summed E-state index contributed by atoms with van der Waals surface area (Å²) in [6.07, 6.45) is 3.50. The monoisotopic (exact) mass is 425 g/mol. The van der Waals surface area contributed by atoms with Gasteiger partial charge in [0.25, 0.3) is 0 Å². The van der Waals surface area contributed by atoms with Crippen LogP contribution in [-0.2, 0) is 16.3 Å². The van der Waals surface area contributed by atoms with Gasteiger partial charge in [-0.15, -0.1) is 11.3 Å². The molecule has 0 spiro atoms. The summed E-state index contributed by atoms with van der Waals surface area (Å²) in [5, 5.41) is 15.6. The Morgan fingerprint density at radius 3 is 2.66 bits per heavy atom. The smallest absolute Gasteiger partial charge is 0.175 e. The lowest BCUT2D eigenvalue weighted by molar-refractivity contribution is 0.475. The molecule has 0 saturated carbocycles. The Kier molecular flexibility index (Phi) is 5.21. The molecular formula is C21H19N3O3S2. The fourth-order valence-electron chi connectivity index (χ4n) is 3.10. The molecule has 148 valence electrons. The first-order valence-electron chi connectivity index (χ1n) is 8.96. The Hall–Kier alpha value is -2.97. The number of aromatic nitrogens is 2. The van der Waals surface area contributed by atoms with E-state index < -0.39 is 9.84 Å². The maximum atomic E-state index is 11.9. The fraction of sp³-hybridized carbons (Fsp3) is 0.143. The quantitative estimate of drug-likeness (QED) is 0.483. The van der Waals surface area contributed by atoms with Crippen molar-refractivity contribution >= 4 is 37.2 Å². The Morgan fingerprint density at radius 2 is 1.90 bits per heavy atom. The summed E-state index contributed by atoms with van der Waals surface area (Å²) in [4.78, 5) is 9.89. The summed E-state index contributed by atoms with van der Waals surface area (Å²) < 4.78 is 23.9. The molecule has 4 rings (SSSR count). The zero-order valence-electron chi connectivity index (χ0n) is 15.7. The largest absolute Gasteiger partial charge is 0.508 e. The second kappa shape index (κ2) is 7.81. The molecular weight excluding hydrogens is 406 g/mol. The van der Waals surface area contributed by atoms with Crippen LogP contribution in [0.4, 0.5) is 5.82 Å². The number of fused-ring (bicyclic) bond motifs is 1. The molecule has 2 N–H and O–H groups in total. The van der Waals surface area contributed by atoms with Crippen LogP contribution in [0.25, 0.3) is 21.3 Å². The molecule has 8 heteroatoms. The molecule has 2 heterocycles. The topological polar surface area (TPSA) is 92.2 Å². The summed E-state index contributed by atoms with van der Waals surface area (Å²) in [5.41, 5.74) is 2.82. The van der Waals surface area contributed by atoms with Crippen LogP contribution < -0.4 is 5.32 Å². The highest BCUT2D eigenvalue weighted by atomic mass is 32.2. The van der Waals surface area contributed by atoms with E-state index in [0.29, 0.717) is 6.54 Å². The van der Waals surface area contributed by atoms with Crippen molar-refractivity contribution in [2.75, 3.05) is 18.1 Å². The van der Waals surface area contributed by atoms with Gasteiger partial charge in [0.05, 0.1) is 10.3 Å². The van der Waals surface area contributed by atoms with Crippen LogP contribution in [0, 0.1) is 0 Å². The van der Waals surface area contributed by atoms with Crippen molar-refractivity contribution in [3.05, 3.63) is 65.8 Å². The highest BCUT2D eigenvalue weighted by Crippen LogP contribution is 2.37. The number of hydrogen-bond donors (Lipinski definition) is 2. The lowest BCUT2D eigenvalue weighted by Gasteiger charge is -2.09. The minimum absolute atomic E-state index is 0.249. The number of sulfone groups is 1. The second-order valence-corrected chi connectivity index (χ2v) is 9.57. The van der Waals surface area contributed by atoms with Gasteiger partial charge in [0.1, 0.15) is 22.7 Å². The molecule has 0 aliphatic rings. The molecule has 0 bridgehead atoms. The summed E-state index contributed by atoms with van der Waals surface area (Å²) in [6.45, 7) is 0.662. The van der Waals surface area contributed by atoms with Gasteiger partial charge in [-0.05, 0) is 41.8 Å². The molecule has 0 aliphatic carbocycles. The van der Waals surface area contributed by atoms with Gasteiger partial charge in [0, 0.05) is 23.7 Å². The number of hydrogen-bond acceptors (Lipinski definition) is 7. The number of nitrogens with one attached hydrogen (secondary N) is 1. The van der Waals surface area contributed by atoms with Gasteiger partial charge in [-0.1, -0.05) is 24.3 Å². The third-order valence-electron chi connectivity index (χ3n) is 4.59. The van der Waals surface area contributed by atoms with Crippen LogP contribution in [0.15, 0.2) is 65.1 Å². The molecule has 0 unspecified atom stereocenters. The van der Waals surface area contributed by atoms with E-state index in [-0.39, 0.29) is 10.6 Å². The molecule has 4 aromatic rings. The number of benzene rings is 2. The summed E-state index contributed by atoms with van der Waals surface area (Å²) >= 11 is 1.50. The van der Waals surface area contributed by atoms with Crippen LogP contribution in [0.3, 0.4) is 0 Å². The number of aromatic hydroxyl groups is 1. The zero-order valence-corrected chi connectivity index (χ0v) is 17.3. The van der Waals surface area contributed by atoms with Crippen molar-refractivity contribution in [1.82, 2.24) is 9.97 Å². The third-order valence-corrected chi connectivity index (χ3v) is 6.58. The van der Waals surface area contributed by atoms with Crippen molar-refractivity contribution in [1.29, 1.82) is 0 Å². The van der Waals surface area contributed by atoms with Crippen molar-refractivity contribution in [2.24, 2.45) is 0 Å². The van der Waals surface area contributed by atoms with Gasteiger partial charge < -0.3 is 10.4 Å². The van der Waals surface area contributed by atoms with Crippen molar-refractivity contribution < 1.29 is 13.5 Å². The first kappa shape index (κ1) is 19.4. The van der Waals surface area contributed by atoms with E-state index in [1.54, 1.807) is 30.3 Å². The molecule has 0 saturated heterocycles. The first-order chi connectivity index (χ1) is 13.9. The first-order valence-corrected chi connectivity index (χ1v) is 11.7. The average Bonchev–Trinajstić information content (AvgIpc) is 3.14. The molecule has 6 nitrogen and oxygen atoms in total. The molecule has 0 fully saturated rings. The van der Waals surface area contributed by atoms with Crippen LogP contribution in [0.5, 0.6) is 5.75 Å². The number of phenols is 1. The zero-order chi connectivity index (χ0) is 20.4. The lowest BCUT2D eigenvalue weighted by atomic mass is 10.1. The number of rotatable bonds is 6. The van der Waals surface area contributed by atoms with Crippen molar-refractivity contribution in [3.63, 3.8) is 0 Å². The van der Waals surface area contributed by atoms with E-state index in [4.69, 9.17) is 0 Å². The van der Waals surface area contributed by atoms with Crippen molar-refractivity contribution in [3.8, 4) is 16.9 Å².